The zero-order valence-corrected chi connectivity index (χ0v) is 21.9. The Morgan fingerprint density at radius 2 is 1.86 bits per heavy atom. The number of ether oxygens (including phenoxy) is 3. The molecule has 2 aromatic rings. The van der Waals surface area contributed by atoms with Gasteiger partial charge < -0.3 is 19.5 Å². The average molecular weight is 510 g/mol. The molecule has 36 heavy (non-hydrogen) atoms. The maximum atomic E-state index is 13.4. The van der Waals surface area contributed by atoms with Crippen LogP contribution in [0.1, 0.15) is 50.7 Å². The lowest BCUT2D eigenvalue weighted by Crippen LogP contribution is -2.43. The van der Waals surface area contributed by atoms with E-state index in [0.29, 0.717) is 47.2 Å². The number of benzene rings is 2. The summed E-state index contributed by atoms with van der Waals surface area (Å²) in [6, 6.07) is 13.0. The second-order valence-corrected chi connectivity index (χ2v) is 10.5. The van der Waals surface area contributed by atoms with E-state index in [1.54, 1.807) is 14.0 Å². The fourth-order valence-corrected chi connectivity index (χ4v) is 5.18. The van der Waals surface area contributed by atoms with E-state index in [0.717, 1.165) is 16.8 Å². The van der Waals surface area contributed by atoms with Crippen LogP contribution in [0.3, 0.4) is 0 Å². The summed E-state index contributed by atoms with van der Waals surface area (Å²) >= 11 is 5.97. The van der Waals surface area contributed by atoms with E-state index >= 15 is 0 Å². The van der Waals surface area contributed by atoms with Gasteiger partial charge in [0.25, 0.3) is 0 Å². The zero-order valence-electron chi connectivity index (χ0n) is 21.2. The van der Waals surface area contributed by atoms with Gasteiger partial charge in [-0.2, -0.15) is 0 Å². The molecule has 0 amide bonds. The highest BCUT2D eigenvalue weighted by Crippen LogP contribution is 2.49. The lowest BCUT2D eigenvalue weighted by molar-refractivity contribution is -0.147. The number of carbonyl (C=O) groups is 2. The molecule has 190 valence electrons. The van der Waals surface area contributed by atoms with Crippen molar-refractivity contribution in [1.29, 1.82) is 0 Å². The van der Waals surface area contributed by atoms with Crippen LogP contribution in [0.2, 0.25) is 5.02 Å². The molecule has 0 saturated carbocycles. The molecule has 0 saturated heterocycles. The van der Waals surface area contributed by atoms with Gasteiger partial charge in [-0.3, -0.25) is 9.59 Å². The van der Waals surface area contributed by atoms with Crippen LogP contribution in [0.4, 0.5) is 0 Å². The number of hydrogen-bond acceptors (Lipinski definition) is 6. The fraction of sp³-hybridized carbons (Fsp3) is 0.379. The van der Waals surface area contributed by atoms with Gasteiger partial charge in [0.1, 0.15) is 12.5 Å². The number of Topliss-reactive ketones (excluding diaryl/α,β-unsaturated/α-hetero) is 1. The number of esters is 1. The van der Waals surface area contributed by atoms with Crippen LogP contribution in [-0.4, -0.2) is 25.5 Å². The molecule has 0 bridgehead atoms. The van der Waals surface area contributed by atoms with Crippen LogP contribution in [-0.2, 0) is 20.9 Å². The van der Waals surface area contributed by atoms with Gasteiger partial charge in [0.15, 0.2) is 17.3 Å². The SMILES string of the molecule is C=C1NC2=C(C(=O)CC(C)(C)C2)C(c2ccc(OCc3ccc(Cl)cc3)c(OC)c2)C1C(=O)OCC. The highest BCUT2D eigenvalue weighted by Gasteiger charge is 2.46. The van der Waals surface area contributed by atoms with E-state index in [1.807, 2.05) is 42.5 Å². The van der Waals surface area contributed by atoms with Gasteiger partial charge in [0.05, 0.1) is 13.7 Å². The molecule has 1 aliphatic heterocycles. The third-order valence-corrected chi connectivity index (χ3v) is 6.90. The standard InChI is InChI=1S/C29H32ClNO5/c1-6-35-28(33)25-17(2)31-21-14-29(3,4)15-22(32)27(21)26(25)19-9-12-23(24(13-19)34-5)36-16-18-7-10-20(30)11-8-18/h7-13,25-26,31H,2,6,14-16H2,1,3-5H3. The third kappa shape index (κ3) is 5.29. The molecule has 2 atom stereocenters. The summed E-state index contributed by atoms with van der Waals surface area (Å²) in [4.78, 5) is 26.5. The minimum absolute atomic E-state index is 0.0302. The van der Waals surface area contributed by atoms with Crippen molar-refractivity contribution in [2.45, 2.75) is 46.1 Å². The number of carbonyl (C=O) groups excluding carboxylic acids is 2. The highest BCUT2D eigenvalue weighted by atomic mass is 35.5. The monoisotopic (exact) mass is 509 g/mol. The Hall–Kier alpha value is -3.25. The number of ketones is 1. The molecule has 0 aromatic heterocycles. The van der Waals surface area contributed by atoms with Crippen LogP contribution < -0.4 is 14.8 Å². The minimum atomic E-state index is -0.737. The summed E-state index contributed by atoms with van der Waals surface area (Å²) in [6.45, 7) is 10.6. The van der Waals surface area contributed by atoms with Crippen molar-refractivity contribution in [3.05, 3.63) is 82.2 Å². The van der Waals surface area contributed by atoms with E-state index in [2.05, 4.69) is 25.7 Å². The maximum absolute atomic E-state index is 13.4. The molecule has 1 heterocycles. The van der Waals surface area contributed by atoms with Gasteiger partial charge in [0.2, 0.25) is 0 Å². The molecule has 7 heteroatoms. The Kier molecular flexibility index (Phi) is 7.46. The lowest BCUT2D eigenvalue weighted by Gasteiger charge is -2.42. The predicted octanol–water partition coefficient (Wildman–Crippen LogP) is 5.95. The average Bonchev–Trinajstić information content (AvgIpc) is 2.82. The molecule has 6 nitrogen and oxygen atoms in total. The first-order valence-corrected chi connectivity index (χ1v) is 12.4. The first-order valence-electron chi connectivity index (χ1n) is 12.1. The van der Waals surface area contributed by atoms with Crippen LogP contribution in [0.5, 0.6) is 11.5 Å². The van der Waals surface area contributed by atoms with Crippen LogP contribution in [0.25, 0.3) is 0 Å². The first kappa shape index (κ1) is 25.8. The number of rotatable bonds is 7. The van der Waals surface area contributed by atoms with Crippen molar-refractivity contribution >= 4 is 23.4 Å². The van der Waals surface area contributed by atoms with Crippen molar-refractivity contribution in [3.63, 3.8) is 0 Å². The Labute approximate surface area is 217 Å². The van der Waals surface area contributed by atoms with E-state index in [9.17, 15) is 9.59 Å². The van der Waals surface area contributed by atoms with Crippen molar-refractivity contribution in [3.8, 4) is 11.5 Å². The van der Waals surface area contributed by atoms with Crippen LogP contribution in [0, 0.1) is 11.3 Å². The normalized spacial score (nSPS) is 20.9. The molecule has 1 aliphatic carbocycles. The Bertz CT molecular complexity index is 1210. The second-order valence-electron chi connectivity index (χ2n) is 10.0. The van der Waals surface area contributed by atoms with Crippen molar-refractivity contribution in [1.82, 2.24) is 5.32 Å². The highest BCUT2D eigenvalue weighted by molar-refractivity contribution is 6.30. The molecular formula is C29H32ClNO5. The number of nitrogens with one attached hydrogen (secondary N) is 1. The largest absolute Gasteiger partial charge is 0.493 e. The summed E-state index contributed by atoms with van der Waals surface area (Å²) < 4.78 is 17.1. The van der Waals surface area contributed by atoms with E-state index in [-0.39, 0.29) is 17.8 Å². The quantitative estimate of drug-likeness (QED) is 0.465. The molecule has 2 unspecified atom stereocenters. The summed E-state index contributed by atoms with van der Waals surface area (Å²) in [5, 5.41) is 3.94. The Morgan fingerprint density at radius 3 is 2.53 bits per heavy atom. The topological polar surface area (TPSA) is 73.9 Å². The summed E-state index contributed by atoms with van der Waals surface area (Å²) in [5.41, 5.74) is 3.54. The molecule has 2 aliphatic rings. The van der Waals surface area contributed by atoms with Gasteiger partial charge in [0, 0.05) is 34.3 Å². The molecule has 1 N–H and O–H groups in total. The predicted molar refractivity (Wildman–Crippen MR) is 139 cm³/mol. The van der Waals surface area contributed by atoms with Crippen LogP contribution >= 0.6 is 11.6 Å². The third-order valence-electron chi connectivity index (χ3n) is 6.65. The van der Waals surface area contributed by atoms with Gasteiger partial charge in [-0.25, -0.2) is 0 Å². The molecule has 0 fully saturated rings. The van der Waals surface area contributed by atoms with Gasteiger partial charge in [-0.05, 0) is 54.2 Å². The van der Waals surface area contributed by atoms with Gasteiger partial charge >= 0.3 is 5.97 Å². The van der Waals surface area contributed by atoms with E-state index in [4.69, 9.17) is 25.8 Å². The number of allylic oxidation sites excluding steroid dienone is 2. The van der Waals surface area contributed by atoms with Crippen molar-refractivity contribution in [2.75, 3.05) is 13.7 Å². The summed E-state index contributed by atoms with van der Waals surface area (Å²) in [6.07, 6.45) is 1.10. The molecule has 4 rings (SSSR count). The molecular weight excluding hydrogens is 478 g/mol. The number of hydrogen-bond donors (Lipinski definition) is 1. The number of methoxy groups -OCH3 is 1. The summed E-state index contributed by atoms with van der Waals surface area (Å²) in [7, 11) is 1.57. The van der Waals surface area contributed by atoms with Gasteiger partial charge in [-0.15, -0.1) is 0 Å². The minimum Gasteiger partial charge on any atom is -0.493 e. The smallest absolute Gasteiger partial charge is 0.315 e. The molecule has 2 aromatic carbocycles. The molecule has 0 radical (unpaired) electrons. The number of halogens is 1. The second kappa shape index (κ2) is 10.4. The Morgan fingerprint density at radius 1 is 1.14 bits per heavy atom. The Balaban J connectivity index is 1.73. The van der Waals surface area contributed by atoms with Crippen molar-refractivity contribution < 1.29 is 23.8 Å². The lowest BCUT2D eigenvalue weighted by atomic mass is 9.66. The first-order chi connectivity index (χ1) is 17.1. The maximum Gasteiger partial charge on any atom is 0.315 e. The summed E-state index contributed by atoms with van der Waals surface area (Å²) in [5.74, 6) is -0.579. The fourth-order valence-electron chi connectivity index (χ4n) is 5.05. The van der Waals surface area contributed by atoms with Crippen LogP contribution in [0.15, 0.2) is 66.0 Å². The molecule has 0 spiro atoms. The van der Waals surface area contributed by atoms with Gasteiger partial charge in [-0.1, -0.05) is 50.2 Å². The van der Waals surface area contributed by atoms with E-state index in [1.165, 1.54) is 0 Å². The van der Waals surface area contributed by atoms with E-state index < -0.39 is 17.8 Å². The zero-order chi connectivity index (χ0) is 26.0. The van der Waals surface area contributed by atoms with Crippen molar-refractivity contribution in [2.24, 2.45) is 11.3 Å².